The fraction of sp³-hybridized carbons (Fsp3) is 0.107. The molecule has 0 aliphatic heterocycles. The van der Waals surface area contributed by atoms with Crippen molar-refractivity contribution < 1.29 is 35.2 Å². The van der Waals surface area contributed by atoms with Crippen molar-refractivity contribution in [3.8, 4) is 21.9 Å². The Morgan fingerprint density at radius 2 is 1.56 bits per heavy atom. The van der Waals surface area contributed by atoms with Crippen molar-refractivity contribution in [3.05, 3.63) is 102 Å². The summed E-state index contributed by atoms with van der Waals surface area (Å²) in [6, 6.07) is 23.8. The number of hydrogen-bond donors (Lipinski definition) is 6. The normalized spacial score (nSPS) is 12.0. The predicted molar refractivity (Wildman–Crippen MR) is 171 cm³/mol. The van der Waals surface area contributed by atoms with E-state index in [0.29, 0.717) is 23.9 Å². The number of rotatable bonds is 10. The monoisotopic (exact) mass is 672 g/mol. The molecule has 0 bridgehead atoms. The van der Waals surface area contributed by atoms with Crippen LogP contribution in [0.4, 0.5) is 17.4 Å². The maximum Gasteiger partial charge on any atom is 0.357 e. The van der Waals surface area contributed by atoms with Crippen LogP contribution >= 0.6 is 11.3 Å². The zero-order valence-electron chi connectivity index (χ0n) is 23.5. The van der Waals surface area contributed by atoms with Gasteiger partial charge in [0, 0.05) is 29.1 Å². The third-order valence-corrected chi connectivity index (χ3v) is 7.24. The molecule has 5 aromatic rings. The first kappa shape index (κ1) is 33.2. The van der Waals surface area contributed by atoms with Crippen LogP contribution in [0.1, 0.15) is 24.2 Å². The van der Waals surface area contributed by atoms with E-state index >= 15 is 0 Å². The minimum Gasteiger partial charge on any atom is -0.424 e. The number of thiazole rings is 1. The average molecular weight is 673 g/mol. The lowest BCUT2D eigenvalue weighted by atomic mass is 10.0. The third-order valence-electron chi connectivity index (χ3n) is 5.83. The second-order valence-electron chi connectivity index (χ2n) is 9.42. The SMILES string of the molecule is CC(=O)Nc1ccc(-c2cnc(N[C@@H](Cc3ccc(NS(=O)(=O)O)cc3)c3csc(-c4ccccc4)n3)o2)cc1.NS(=O)(=O)O. The van der Waals surface area contributed by atoms with Crippen LogP contribution in [0.5, 0.6) is 0 Å². The van der Waals surface area contributed by atoms with Gasteiger partial charge in [-0.1, -0.05) is 42.5 Å². The van der Waals surface area contributed by atoms with E-state index in [4.69, 9.17) is 26.9 Å². The van der Waals surface area contributed by atoms with Crippen molar-refractivity contribution >= 4 is 55.2 Å². The van der Waals surface area contributed by atoms with Gasteiger partial charge in [0.1, 0.15) is 5.01 Å². The summed E-state index contributed by atoms with van der Waals surface area (Å²) < 4.78 is 64.5. The molecular formula is C28H28N6O8S3. The third kappa shape index (κ3) is 11.1. The fourth-order valence-corrected chi connectivity index (χ4v) is 5.34. The van der Waals surface area contributed by atoms with Crippen molar-refractivity contribution in [2.45, 2.75) is 19.4 Å². The summed E-state index contributed by atoms with van der Waals surface area (Å²) in [5, 5.41) is 12.8. The van der Waals surface area contributed by atoms with Crippen molar-refractivity contribution in [2.75, 3.05) is 15.4 Å². The van der Waals surface area contributed by atoms with Gasteiger partial charge in [-0.15, -0.1) is 11.3 Å². The number of anilines is 3. The van der Waals surface area contributed by atoms with E-state index in [1.807, 2.05) is 52.6 Å². The lowest BCUT2D eigenvalue weighted by Crippen LogP contribution is -2.15. The predicted octanol–water partition coefficient (Wildman–Crippen LogP) is 4.78. The Hall–Kier alpha value is -4.65. The Morgan fingerprint density at radius 1 is 0.933 bits per heavy atom. The number of carbonyl (C=O) groups is 1. The summed E-state index contributed by atoms with van der Waals surface area (Å²) in [6.45, 7) is 1.45. The number of oxazole rings is 1. The molecule has 14 nitrogen and oxygen atoms in total. The highest BCUT2D eigenvalue weighted by Gasteiger charge is 2.20. The van der Waals surface area contributed by atoms with Crippen LogP contribution in [0.2, 0.25) is 0 Å². The first-order chi connectivity index (χ1) is 21.2. The summed E-state index contributed by atoms with van der Waals surface area (Å²) >= 11 is 1.53. The molecule has 1 atom stereocenters. The Balaban J connectivity index is 0.000000854. The molecule has 0 unspecified atom stereocenters. The van der Waals surface area contributed by atoms with Gasteiger partial charge in [0.2, 0.25) is 5.91 Å². The number of amides is 1. The van der Waals surface area contributed by atoms with Crippen molar-refractivity contribution in [3.63, 3.8) is 0 Å². The van der Waals surface area contributed by atoms with E-state index in [9.17, 15) is 13.2 Å². The van der Waals surface area contributed by atoms with Gasteiger partial charge in [0.15, 0.2) is 5.76 Å². The molecule has 0 radical (unpaired) electrons. The largest absolute Gasteiger partial charge is 0.424 e. The number of nitrogens with one attached hydrogen (secondary N) is 3. The van der Waals surface area contributed by atoms with E-state index in [-0.39, 0.29) is 17.6 Å². The van der Waals surface area contributed by atoms with Gasteiger partial charge in [0.25, 0.3) is 6.01 Å². The van der Waals surface area contributed by atoms with Gasteiger partial charge in [-0.25, -0.2) is 15.1 Å². The van der Waals surface area contributed by atoms with Crippen LogP contribution in [-0.2, 0) is 31.8 Å². The summed E-state index contributed by atoms with van der Waals surface area (Å²) in [5.41, 5.74) is 4.44. The molecule has 2 aromatic heterocycles. The first-order valence-corrected chi connectivity index (χ1v) is 16.7. The van der Waals surface area contributed by atoms with Crippen LogP contribution in [0.3, 0.4) is 0 Å². The summed E-state index contributed by atoms with van der Waals surface area (Å²) in [5.74, 6) is 0.409. The summed E-state index contributed by atoms with van der Waals surface area (Å²) in [4.78, 5) is 20.6. The topological polar surface area (TPSA) is 227 Å². The lowest BCUT2D eigenvalue weighted by Gasteiger charge is -2.16. The van der Waals surface area contributed by atoms with E-state index in [2.05, 4.69) is 20.8 Å². The van der Waals surface area contributed by atoms with Gasteiger partial charge < -0.3 is 15.1 Å². The fourth-order valence-electron chi connectivity index (χ4n) is 4.03. The van der Waals surface area contributed by atoms with Crippen molar-refractivity contribution in [1.29, 1.82) is 0 Å². The van der Waals surface area contributed by atoms with Crippen LogP contribution in [0, 0.1) is 0 Å². The minimum atomic E-state index is -4.36. The molecular weight excluding hydrogens is 645 g/mol. The molecule has 0 fully saturated rings. The molecule has 17 heteroatoms. The van der Waals surface area contributed by atoms with Crippen LogP contribution in [-0.4, -0.2) is 41.8 Å². The summed E-state index contributed by atoms with van der Waals surface area (Å²) in [7, 11) is -8.53. The van der Waals surface area contributed by atoms with Gasteiger partial charge in [0.05, 0.1) is 23.6 Å². The zero-order chi connectivity index (χ0) is 32.6. The Bertz CT molecular complexity index is 1940. The Morgan fingerprint density at radius 3 is 2.16 bits per heavy atom. The molecule has 0 aliphatic carbocycles. The lowest BCUT2D eigenvalue weighted by molar-refractivity contribution is -0.114. The second kappa shape index (κ2) is 14.4. The molecule has 45 heavy (non-hydrogen) atoms. The molecule has 236 valence electrons. The number of nitrogens with zero attached hydrogens (tertiary/aromatic N) is 2. The van der Waals surface area contributed by atoms with Crippen LogP contribution in [0.15, 0.2) is 94.9 Å². The molecule has 2 heterocycles. The number of nitrogens with two attached hydrogens (primary N) is 1. The average Bonchev–Trinajstić information content (AvgIpc) is 3.63. The maximum absolute atomic E-state index is 11.3. The first-order valence-electron chi connectivity index (χ1n) is 12.9. The highest BCUT2D eigenvalue weighted by Crippen LogP contribution is 2.31. The van der Waals surface area contributed by atoms with E-state index in [0.717, 1.165) is 27.4 Å². The standard InChI is InChI=1S/C28H25N5O5S2.H3NO3S/c1-18(34)30-22-13-9-20(10-14-22)26-16-29-28(38-26)32-24(15-19-7-11-23(12-8-19)33-40(35,36)37)25-17-39-27(31-25)21-5-3-2-4-6-21;1-5(2,3)4/h2-14,16-17,24,33H,15H2,1H3,(H,29,32)(H,30,34)(H,35,36,37);(H3,1,2,3,4)/t24-;/m0./s1. The van der Waals surface area contributed by atoms with Crippen LogP contribution in [0.25, 0.3) is 21.9 Å². The van der Waals surface area contributed by atoms with E-state index < -0.39 is 20.6 Å². The van der Waals surface area contributed by atoms with Gasteiger partial charge >= 0.3 is 20.6 Å². The molecule has 3 aromatic carbocycles. The molecule has 0 saturated heterocycles. The van der Waals surface area contributed by atoms with E-state index in [1.165, 1.54) is 18.3 Å². The highest BCUT2D eigenvalue weighted by molar-refractivity contribution is 7.87. The number of carbonyl (C=O) groups excluding carboxylic acids is 1. The maximum atomic E-state index is 11.3. The van der Waals surface area contributed by atoms with Crippen molar-refractivity contribution in [1.82, 2.24) is 9.97 Å². The van der Waals surface area contributed by atoms with Gasteiger partial charge in [-0.2, -0.15) is 16.8 Å². The number of hydrogen-bond acceptors (Lipinski definition) is 10. The second-order valence-corrected chi connectivity index (χ2v) is 12.5. The molecule has 0 spiro atoms. The number of benzene rings is 3. The molecule has 7 N–H and O–H groups in total. The quantitative estimate of drug-likeness (QED) is 0.111. The molecule has 0 saturated carbocycles. The Labute approximate surface area is 263 Å². The van der Waals surface area contributed by atoms with E-state index in [1.54, 1.807) is 42.6 Å². The highest BCUT2D eigenvalue weighted by atomic mass is 32.2. The van der Waals surface area contributed by atoms with Gasteiger partial charge in [-0.3, -0.25) is 18.6 Å². The molecule has 0 aliphatic rings. The Kier molecular flexibility index (Phi) is 10.7. The molecule has 5 rings (SSSR count). The number of aromatic nitrogens is 2. The minimum absolute atomic E-state index is 0.147. The zero-order valence-corrected chi connectivity index (χ0v) is 25.9. The smallest absolute Gasteiger partial charge is 0.357 e. The van der Waals surface area contributed by atoms with Crippen molar-refractivity contribution in [2.24, 2.45) is 5.14 Å². The van der Waals surface area contributed by atoms with Gasteiger partial charge in [-0.05, 0) is 48.4 Å². The van der Waals surface area contributed by atoms with Crippen LogP contribution < -0.4 is 20.5 Å². The molecule has 1 amide bonds. The summed E-state index contributed by atoms with van der Waals surface area (Å²) in [6.07, 6.45) is 2.12.